The minimum atomic E-state index is -1.29. The molecule has 15 heavy (non-hydrogen) atoms. The molecule has 0 aliphatic heterocycles. The first-order valence-corrected chi connectivity index (χ1v) is 4.51. The van der Waals surface area contributed by atoms with E-state index in [4.69, 9.17) is 10.8 Å². The van der Waals surface area contributed by atoms with Crippen LogP contribution in [0.4, 0.5) is 0 Å². The van der Waals surface area contributed by atoms with Crippen molar-refractivity contribution >= 4 is 12.0 Å². The van der Waals surface area contributed by atoms with E-state index in [9.17, 15) is 9.90 Å². The molecule has 4 N–H and O–H groups in total. The first-order chi connectivity index (χ1) is 7.11. The summed E-state index contributed by atoms with van der Waals surface area (Å²) in [6.07, 6.45) is 1.82. The number of carboxylic acids is 1. The first-order valence-electron chi connectivity index (χ1n) is 4.51. The lowest BCUT2D eigenvalue weighted by Gasteiger charge is -2.09. The molecule has 4 nitrogen and oxygen atoms in total. The lowest BCUT2D eigenvalue weighted by Crippen LogP contribution is -2.40. The van der Waals surface area contributed by atoms with E-state index < -0.39 is 18.1 Å². The van der Waals surface area contributed by atoms with Crippen LogP contribution in [0, 0.1) is 0 Å². The molecule has 0 bridgehead atoms. The second-order valence-corrected chi connectivity index (χ2v) is 3.12. The normalized spacial score (nSPS) is 15.1. The van der Waals surface area contributed by atoms with Gasteiger partial charge in [0.2, 0.25) is 0 Å². The molecule has 0 aliphatic rings. The smallest absolute Gasteiger partial charge is 0.323 e. The maximum atomic E-state index is 10.4. The molecule has 80 valence electrons. The molecule has 0 aromatic heterocycles. The zero-order valence-corrected chi connectivity index (χ0v) is 8.08. The Bertz CT molecular complexity index is 348. The van der Waals surface area contributed by atoms with Crippen LogP contribution in [0.15, 0.2) is 36.4 Å². The predicted octanol–water partition coefficient (Wildman–Crippen LogP) is 0.473. The molecule has 1 rings (SSSR count). The average Bonchev–Trinajstić information content (AvgIpc) is 2.26. The topological polar surface area (TPSA) is 83.6 Å². The molecule has 1 aromatic carbocycles. The summed E-state index contributed by atoms with van der Waals surface area (Å²) in [5.74, 6) is -1.22. The summed E-state index contributed by atoms with van der Waals surface area (Å²) in [5.41, 5.74) is 6.11. The van der Waals surface area contributed by atoms with Crippen LogP contribution in [-0.4, -0.2) is 28.3 Å². The third-order valence-electron chi connectivity index (χ3n) is 1.94. The summed E-state index contributed by atoms with van der Waals surface area (Å²) in [6.45, 7) is 0. The van der Waals surface area contributed by atoms with Gasteiger partial charge in [-0.05, 0) is 5.56 Å². The van der Waals surface area contributed by atoms with Gasteiger partial charge < -0.3 is 15.9 Å². The Morgan fingerprint density at radius 1 is 1.33 bits per heavy atom. The van der Waals surface area contributed by atoms with E-state index in [0.717, 1.165) is 5.56 Å². The van der Waals surface area contributed by atoms with Crippen LogP contribution in [0.25, 0.3) is 6.08 Å². The van der Waals surface area contributed by atoms with Gasteiger partial charge in [0.05, 0.1) is 6.10 Å². The van der Waals surface area contributed by atoms with Gasteiger partial charge >= 0.3 is 5.97 Å². The fourth-order valence-corrected chi connectivity index (χ4v) is 1.04. The van der Waals surface area contributed by atoms with E-state index in [1.165, 1.54) is 6.08 Å². The summed E-state index contributed by atoms with van der Waals surface area (Å²) < 4.78 is 0. The van der Waals surface area contributed by atoms with E-state index in [2.05, 4.69) is 0 Å². The Balaban J connectivity index is 2.62. The zero-order chi connectivity index (χ0) is 11.3. The summed E-state index contributed by atoms with van der Waals surface area (Å²) in [7, 11) is 0. The highest BCUT2D eigenvalue weighted by atomic mass is 16.4. The van der Waals surface area contributed by atoms with Crippen LogP contribution in [0.5, 0.6) is 0 Å². The number of hydrogen-bond acceptors (Lipinski definition) is 3. The van der Waals surface area contributed by atoms with E-state index in [1.807, 2.05) is 30.3 Å². The van der Waals surface area contributed by atoms with Crippen molar-refractivity contribution in [3.63, 3.8) is 0 Å². The van der Waals surface area contributed by atoms with E-state index in [0.29, 0.717) is 0 Å². The highest BCUT2D eigenvalue weighted by Crippen LogP contribution is 2.03. The van der Waals surface area contributed by atoms with Gasteiger partial charge in [0.25, 0.3) is 0 Å². The number of benzene rings is 1. The third-order valence-corrected chi connectivity index (χ3v) is 1.94. The molecular formula is C11H13NO3. The maximum Gasteiger partial charge on any atom is 0.323 e. The fraction of sp³-hybridized carbons (Fsp3) is 0.182. The fourth-order valence-electron chi connectivity index (χ4n) is 1.04. The Hall–Kier alpha value is -1.65. The summed E-state index contributed by atoms with van der Waals surface area (Å²) in [6, 6.07) is 7.97. The molecule has 0 amide bonds. The minimum absolute atomic E-state index is 0.883. The van der Waals surface area contributed by atoms with Crippen LogP contribution in [0.3, 0.4) is 0 Å². The molecule has 4 heteroatoms. The van der Waals surface area contributed by atoms with E-state index >= 15 is 0 Å². The first kappa shape index (κ1) is 11.4. The van der Waals surface area contributed by atoms with Crippen molar-refractivity contribution in [2.45, 2.75) is 12.1 Å². The van der Waals surface area contributed by atoms with Crippen LogP contribution in [0.2, 0.25) is 0 Å². The van der Waals surface area contributed by atoms with Crippen LogP contribution in [-0.2, 0) is 4.79 Å². The Morgan fingerprint density at radius 3 is 2.47 bits per heavy atom. The van der Waals surface area contributed by atoms with Crippen LogP contribution < -0.4 is 5.73 Å². The molecule has 2 unspecified atom stereocenters. The standard InChI is InChI=1S/C11H13NO3/c12-10(11(14)15)9(13)7-6-8-4-2-1-3-5-8/h1-7,9-10,13H,12H2,(H,14,15). The van der Waals surface area contributed by atoms with Crippen molar-refractivity contribution in [2.24, 2.45) is 5.73 Å². The molecule has 0 saturated heterocycles. The molecule has 0 heterocycles. The number of hydrogen-bond donors (Lipinski definition) is 3. The van der Waals surface area contributed by atoms with Crippen molar-refractivity contribution < 1.29 is 15.0 Å². The number of carbonyl (C=O) groups is 1. The predicted molar refractivity (Wildman–Crippen MR) is 57.1 cm³/mol. The van der Waals surface area contributed by atoms with Gasteiger partial charge in [-0.25, -0.2) is 0 Å². The number of nitrogens with two attached hydrogens (primary N) is 1. The molecule has 0 saturated carbocycles. The monoisotopic (exact) mass is 207 g/mol. The largest absolute Gasteiger partial charge is 0.480 e. The second-order valence-electron chi connectivity index (χ2n) is 3.12. The maximum absolute atomic E-state index is 10.4. The molecule has 0 fully saturated rings. The average molecular weight is 207 g/mol. The Kier molecular flexibility index (Phi) is 4.03. The highest BCUT2D eigenvalue weighted by molar-refractivity contribution is 5.74. The Labute approximate surface area is 87.7 Å². The van der Waals surface area contributed by atoms with Crippen molar-refractivity contribution in [3.05, 3.63) is 42.0 Å². The van der Waals surface area contributed by atoms with Gasteiger partial charge in [-0.3, -0.25) is 4.79 Å². The highest BCUT2D eigenvalue weighted by Gasteiger charge is 2.18. The third kappa shape index (κ3) is 3.53. The van der Waals surface area contributed by atoms with Gasteiger partial charge in [-0.1, -0.05) is 42.5 Å². The molecule has 2 atom stereocenters. The zero-order valence-electron chi connectivity index (χ0n) is 8.08. The molecular weight excluding hydrogens is 194 g/mol. The SMILES string of the molecule is NC(C(=O)O)C(O)C=Cc1ccccc1. The van der Waals surface area contributed by atoms with Gasteiger partial charge in [0, 0.05) is 0 Å². The van der Waals surface area contributed by atoms with Crippen molar-refractivity contribution in [1.82, 2.24) is 0 Å². The van der Waals surface area contributed by atoms with Gasteiger partial charge in [0.1, 0.15) is 6.04 Å². The summed E-state index contributed by atoms with van der Waals surface area (Å²) >= 11 is 0. The summed E-state index contributed by atoms with van der Waals surface area (Å²) in [5, 5.41) is 17.9. The number of aliphatic hydroxyl groups is 1. The van der Waals surface area contributed by atoms with E-state index in [1.54, 1.807) is 6.08 Å². The van der Waals surface area contributed by atoms with Gasteiger partial charge in [-0.15, -0.1) is 0 Å². The molecule has 0 spiro atoms. The molecule has 1 aromatic rings. The number of carboxylic acid groups (broad SMARTS) is 1. The van der Waals surface area contributed by atoms with Gasteiger partial charge in [0.15, 0.2) is 0 Å². The van der Waals surface area contributed by atoms with Crippen molar-refractivity contribution in [3.8, 4) is 0 Å². The lowest BCUT2D eigenvalue weighted by atomic mass is 10.1. The Morgan fingerprint density at radius 2 is 1.93 bits per heavy atom. The number of rotatable bonds is 4. The van der Waals surface area contributed by atoms with E-state index in [-0.39, 0.29) is 0 Å². The molecule has 0 radical (unpaired) electrons. The number of aliphatic hydroxyl groups excluding tert-OH is 1. The summed E-state index contributed by atoms with van der Waals surface area (Å²) in [4.78, 5) is 10.4. The quantitative estimate of drug-likeness (QED) is 0.670. The van der Waals surface area contributed by atoms with Crippen LogP contribution in [0.1, 0.15) is 5.56 Å². The number of aliphatic carboxylic acids is 1. The minimum Gasteiger partial charge on any atom is -0.480 e. The van der Waals surface area contributed by atoms with Gasteiger partial charge in [-0.2, -0.15) is 0 Å². The lowest BCUT2D eigenvalue weighted by molar-refractivity contribution is -0.140. The van der Waals surface area contributed by atoms with Crippen molar-refractivity contribution in [1.29, 1.82) is 0 Å². The molecule has 0 aliphatic carbocycles. The second kappa shape index (κ2) is 5.29. The van der Waals surface area contributed by atoms with Crippen molar-refractivity contribution in [2.75, 3.05) is 0 Å². The van der Waals surface area contributed by atoms with Crippen LogP contribution >= 0.6 is 0 Å².